The zero-order valence-corrected chi connectivity index (χ0v) is 11.0. The van der Waals surface area contributed by atoms with Crippen molar-refractivity contribution in [3.8, 4) is 0 Å². The summed E-state index contributed by atoms with van der Waals surface area (Å²) in [7, 11) is 0. The second-order valence-corrected chi connectivity index (χ2v) is 4.93. The molecule has 1 amide bonds. The van der Waals surface area contributed by atoms with Crippen LogP contribution in [0.15, 0.2) is 27.8 Å². The Balaban J connectivity index is 2.30. The predicted octanol–water partition coefficient (Wildman–Crippen LogP) is 0.599. The number of hydrogen-bond donors (Lipinski definition) is 3. The van der Waals surface area contributed by atoms with Gasteiger partial charge < -0.3 is 20.8 Å². The van der Waals surface area contributed by atoms with Gasteiger partial charge >= 0.3 is 0 Å². The Bertz CT molecular complexity index is 404. The summed E-state index contributed by atoms with van der Waals surface area (Å²) in [5.74, 6) is 0.758. The molecule has 0 atom stereocenters. The lowest BCUT2D eigenvalue weighted by Gasteiger charge is -2.20. The number of furan rings is 1. The molecule has 0 aliphatic carbocycles. The summed E-state index contributed by atoms with van der Waals surface area (Å²) in [4.78, 5) is 15.4. The lowest BCUT2D eigenvalue weighted by atomic mass is 10.1. The van der Waals surface area contributed by atoms with Gasteiger partial charge in [-0.3, -0.25) is 4.79 Å². The van der Waals surface area contributed by atoms with Crippen molar-refractivity contribution < 1.29 is 9.21 Å². The fourth-order valence-electron chi connectivity index (χ4n) is 1.24. The van der Waals surface area contributed by atoms with Crippen LogP contribution in [0, 0.1) is 0 Å². The highest BCUT2D eigenvalue weighted by Gasteiger charge is 2.10. The van der Waals surface area contributed by atoms with Gasteiger partial charge in [-0.05, 0) is 32.9 Å². The van der Waals surface area contributed by atoms with Gasteiger partial charge in [-0.25, -0.2) is 4.99 Å². The van der Waals surface area contributed by atoms with Crippen LogP contribution in [0.25, 0.3) is 0 Å². The highest BCUT2D eigenvalue weighted by Crippen LogP contribution is 1.98. The Morgan fingerprint density at radius 3 is 2.78 bits per heavy atom. The first-order chi connectivity index (χ1) is 8.37. The fourth-order valence-corrected chi connectivity index (χ4v) is 1.24. The minimum absolute atomic E-state index is 0.00434. The number of carbonyl (C=O) groups excluding carboxylic acids is 1. The van der Waals surface area contributed by atoms with E-state index in [1.165, 1.54) is 0 Å². The van der Waals surface area contributed by atoms with Crippen LogP contribution in [0.3, 0.4) is 0 Å². The number of nitrogens with one attached hydrogen (secondary N) is 2. The van der Waals surface area contributed by atoms with Crippen LogP contribution < -0.4 is 16.4 Å². The Morgan fingerprint density at radius 1 is 1.50 bits per heavy atom. The lowest BCUT2D eigenvalue weighted by molar-refractivity contribution is -0.119. The molecule has 0 radical (unpaired) electrons. The van der Waals surface area contributed by atoms with Crippen molar-refractivity contribution in [1.29, 1.82) is 0 Å². The molecule has 0 saturated heterocycles. The molecule has 100 valence electrons. The van der Waals surface area contributed by atoms with Crippen LogP contribution in [0.5, 0.6) is 0 Å². The van der Waals surface area contributed by atoms with E-state index in [1.54, 1.807) is 18.4 Å². The zero-order chi connectivity index (χ0) is 13.6. The van der Waals surface area contributed by atoms with Crippen molar-refractivity contribution in [2.45, 2.75) is 32.9 Å². The first-order valence-electron chi connectivity index (χ1n) is 5.74. The van der Waals surface area contributed by atoms with Crippen LogP contribution in [0.1, 0.15) is 26.5 Å². The second-order valence-electron chi connectivity index (χ2n) is 4.93. The molecular weight excluding hydrogens is 232 g/mol. The molecule has 0 aromatic carbocycles. The maximum absolute atomic E-state index is 11.5. The van der Waals surface area contributed by atoms with Crippen molar-refractivity contribution in [3.63, 3.8) is 0 Å². The highest BCUT2D eigenvalue weighted by atomic mass is 16.3. The van der Waals surface area contributed by atoms with Crippen LogP contribution in [-0.2, 0) is 11.3 Å². The number of nitrogens with two attached hydrogens (primary N) is 1. The molecule has 0 unspecified atom stereocenters. The van der Waals surface area contributed by atoms with Gasteiger partial charge in [0.15, 0.2) is 5.96 Å². The zero-order valence-electron chi connectivity index (χ0n) is 11.0. The summed E-state index contributed by atoms with van der Waals surface area (Å²) in [6, 6.07) is 3.56. The van der Waals surface area contributed by atoms with E-state index in [9.17, 15) is 4.79 Å². The summed E-state index contributed by atoms with van der Waals surface area (Å²) in [5, 5.41) is 5.65. The van der Waals surface area contributed by atoms with Gasteiger partial charge in [-0.1, -0.05) is 0 Å². The van der Waals surface area contributed by atoms with E-state index < -0.39 is 0 Å². The molecular formula is C12H20N4O2. The quantitative estimate of drug-likeness (QED) is 0.540. The summed E-state index contributed by atoms with van der Waals surface area (Å²) in [6.45, 7) is 6.24. The molecule has 6 heteroatoms. The number of aliphatic imine (C=N–C) groups is 1. The monoisotopic (exact) mass is 252 g/mol. The number of carbonyl (C=O) groups is 1. The van der Waals surface area contributed by atoms with Crippen LogP contribution >= 0.6 is 0 Å². The number of rotatable bonds is 4. The van der Waals surface area contributed by atoms with Gasteiger partial charge in [0.05, 0.1) is 12.8 Å². The molecule has 6 nitrogen and oxygen atoms in total. The van der Waals surface area contributed by atoms with Crippen molar-refractivity contribution in [2.24, 2.45) is 10.7 Å². The molecule has 0 aliphatic rings. The Labute approximate surface area is 107 Å². The van der Waals surface area contributed by atoms with Gasteiger partial charge in [0.1, 0.15) is 12.3 Å². The van der Waals surface area contributed by atoms with Crippen molar-refractivity contribution in [1.82, 2.24) is 10.6 Å². The average molecular weight is 252 g/mol. The third kappa shape index (κ3) is 5.93. The maximum Gasteiger partial charge on any atom is 0.242 e. The first kappa shape index (κ1) is 14.1. The summed E-state index contributed by atoms with van der Waals surface area (Å²) in [5.41, 5.74) is 5.47. The largest absolute Gasteiger partial charge is 0.467 e. The summed E-state index contributed by atoms with van der Waals surface area (Å²) >= 11 is 0. The maximum atomic E-state index is 11.5. The predicted molar refractivity (Wildman–Crippen MR) is 69.9 cm³/mol. The van der Waals surface area contributed by atoms with E-state index in [0.29, 0.717) is 12.3 Å². The minimum Gasteiger partial charge on any atom is -0.467 e. The topological polar surface area (TPSA) is 92.6 Å². The normalized spacial score (nSPS) is 12.3. The fraction of sp³-hybridized carbons (Fsp3) is 0.500. The number of guanidine groups is 1. The van der Waals surface area contributed by atoms with Gasteiger partial charge in [-0.15, -0.1) is 0 Å². The SMILES string of the molecule is CC(C)(C)NC(N)=NCC(=O)NCc1ccco1. The lowest BCUT2D eigenvalue weighted by Crippen LogP contribution is -2.45. The van der Waals surface area contributed by atoms with Crippen LogP contribution in [0.2, 0.25) is 0 Å². The Morgan fingerprint density at radius 2 is 2.22 bits per heavy atom. The molecule has 0 bridgehead atoms. The number of hydrogen-bond acceptors (Lipinski definition) is 3. The van der Waals surface area contributed by atoms with E-state index >= 15 is 0 Å². The smallest absolute Gasteiger partial charge is 0.242 e. The minimum atomic E-state index is -0.204. The van der Waals surface area contributed by atoms with Gasteiger partial charge in [0.2, 0.25) is 5.91 Å². The molecule has 0 saturated carbocycles. The van der Waals surface area contributed by atoms with E-state index in [1.807, 2.05) is 20.8 Å². The third-order valence-electron chi connectivity index (χ3n) is 1.94. The summed E-state index contributed by atoms with van der Waals surface area (Å²) < 4.78 is 5.09. The average Bonchev–Trinajstić information content (AvgIpc) is 2.74. The third-order valence-corrected chi connectivity index (χ3v) is 1.94. The molecule has 1 aromatic rings. The first-order valence-corrected chi connectivity index (χ1v) is 5.74. The molecule has 1 rings (SSSR count). The Kier molecular flexibility index (Phi) is 4.76. The molecule has 1 heterocycles. The molecule has 0 fully saturated rings. The molecule has 4 N–H and O–H groups in total. The standard InChI is InChI=1S/C12H20N4O2/c1-12(2,3)16-11(13)15-8-10(17)14-7-9-5-4-6-18-9/h4-6H,7-8H2,1-3H3,(H,14,17)(H3,13,15,16). The van der Waals surface area contributed by atoms with Crippen LogP contribution in [-0.4, -0.2) is 24.0 Å². The van der Waals surface area contributed by atoms with Gasteiger partial charge in [-0.2, -0.15) is 0 Å². The number of amides is 1. The van der Waals surface area contributed by atoms with E-state index in [0.717, 1.165) is 0 Å². The van der Waals surface area contributed by atoms with Crippen LogP contribution in [0.4, 0.5) is 0 Å². The van der Waals surface area contributed by atoms with Gasteiger partial charge in [0, 0.05) is 5.54 Å². The number of nitrogens with zero attached hydrogens (tertiary/aromatic N) is 1. The molecule has 0 spiro atoms. The van der Waals surface area contributed by atoms with Crippen molar-refractivity contribution in [3.05, 3.63) is 24.2 Å². The van der Waals surface area contributed by atoms with E-state index in [4.69, 9.17) is 10.2 Å². The molecule has 18 heavy (non-hydrogen) atoms. The van der Waals surface area contributed by atoms with Gasteiger partial charge in [0.25, 0.3) is 0 Å². The highest BCUT2D eigenvalue weighted by molar-refractivity contribution is 5.84. The van der Waals surface area contributed by atoms with Crippen molar-refractivity contribution >= 4 is 11.9 Å². The second kappa shape index (κ2) is 6.09. The van der Waals surface area contributed by atoms with Crippen molar-refractivity contribution in [2.75, 3.05) is 6.54 Å². The molecule has 1 aromatic heterocycles. The molecule has 0 aliphatic heterocycles. The van der Waals surface area contributed by atoms with E-state index in [-0.39, 0.29) is 24.0 Å². The summed E-state index contributed by atoms with van der Waals surface area (Å²) in [6.07, 6.45) is 1.56. The Hall–Kier alpha value is -1.98. The van der Waals surface area contributed by atoms with E-state index in [2.05, 4.69) is 15.6 Å².